The van der Waals surface area contributed by atoms with Gasteiger partial charge in [0.1, 0.15) is 11.7 Å². The third-order valence-corrected chi connectivity index (χ3v) is 5.31. The number of carbonyl (C=O) groups is 2. The molecule has 0 aliphatic carbocycles. The number of benzene rings is 1. The van der Waals surface area contributed by atoms with Gasteiger partial charge in [-0.3, -0.25) is 9.59 Å². The molecule has 2 atom stereocenters. The second kappa shape index (κ2) is 11.1. The van der Waals surface area contributed by atoms with E-state index >= 15 is 0 Å². The Balaban J connectivity index is 2.36. The maximum Gasteiger partial charge on any atom is 0.316 e. The first kappa shape index (κ1) is 22.3. The molecule has 1 amide bonds. The zero-order valence-electron chi connectivity index (χ0n) is 16.4. The number of nitriles is 2. The van der Waals surface area contributed by atoms with Crippen molar-refractivity contribution in [3.8, 4) is 17.9 Å². The van der Waals surface area contributed by atoms with Crippen LogP contribution in [0.4, 0.5) is 0 Å². The van der Waals surface area contributed by atoms with Crippen molar-refractivity contribution >= 4 is 23.6 Å². The van der Waals surface area contributed by atoms with E-state index in [0.29, 0.717) is 24.5 Å². The predicted octanol–water partition coefficient (Wildman–Crippen LogP) is 3.25. The highest BCUT2D eigenvalue weighted by molar-refractivity contribution is 8.03. The molecule has 0 aromatic heterocycles. The van der Waals surface area contributed by atoms with Crippen molar-refractivity contribution in [2.24, 2.45) is 5.92 Å². The summed E-state index contributed by atoms with van der Waals surface area (Å²) in [5.41, 5.74) is 0.825. The number of rotatable bonds is 9. The van der Waals surface area contributed by atoms with Crippen LogP contribution in [0.2, 0.25) is 0 Å². The molecule has 1 aliphatic heterocycles. The van der Waals surface area contributed by atoms with E-state index < -0.39 is 23.7 Å². The van der Waals surface area contributed by atoms with Crippen LogP contribution in [0.15, 0.2) is 34.9 Å². The molecule has 1 aliphatic rings. The van der Waals surface area contributed by atoms with Crippen LogP contribution in [0.3, 0.4) is 0 Å². The van der Waals surface area contributed by atoms with Crippen molar-refractivity contribution in [3.05, 3.63) is 40.4 Å². The largest absolute Gasteiger partial charge is 0.494 e. The van der Waals surface area contributed by atoms with Gasteiger partial charge in [-0.05, 0) is 19.4 Å². The normalized spacial score (nSPS) is 18.4. The molecule has 0 bridgehead atoms. The number of hydrogen-bond donors (Lipinski definition) is 1. The number of nitrogens with one attached hydrogen (secondary N) is 1. The van der Waals surface area contributed by atoms with Gasteiger partial charge in [-0.15, -0.1) is 0 Å². The molecule has 1 N–H and O–H groups in total. The molecule has 7 nitrogen and oxygen atoms in total. The van der Waals surface area contributed by atoms with E-state index in [9.17, 15) is 20.1 Å². The fourth-order valence-corrected chi connectivity index (χ4v) is 3.79. The molecule has 1 aromatic carbocycles. The first-order valence-electron chi connectivity index (χ1n) is 9.42. The average molecular weight is 413 g/mol. The summed E-state index contributed by atoms with van der Waals surface area (Å²) in [5, 5.41) is 22.3. The van der Waals surface area contributed by atoms with Crippen LogP contribution in [-0.4, -0.2) is 30.8 Å². The van der Waals surface area contributed by atoms with E-state index in [1.165, 1.54) is 0 Å². The molecule has 152 valence electrons. The van der Waals surface area contributed by atoms with Crippen molar-refractivity contribution < 1.29 is 19.1 Å². The van der Waals surface area contributed by atoms with Gasteiger partial charge in [0, 0.05) is 5.56 Å². The molecule has 0 spiro atoms. The summed E-state index contributed by atoms with van der Waals surface area (Å²) in [7, 11) is 0. The summed E-state index contributed by atoms with van der Waals surface area (Å²) in [6.45, 7) is 4.58. The fourth-order valence-electron chi connectivity index (χ4n) is 2.95. The Bertz CT molecular complexity index is 869. The Kier molecular flexibility index (Phi) is 8.57. The van der Waals surface area contributed by atoms with E-state index in [-0.39, 0.29) is 16.4 Å². The van der Waals surface area contributed by atoms with Crippen LogP contribution in [0.1, 0.15) is 38.2 Å². The SMILES string of the molecule is CCCCOC(=O)CSC1=C(C#N)[C@H](c2ccccc2OCC)[C@H](C#N)C(=O)N1. The number of carbonyl (C=O) groups excluding carboxylic acids is 2. The van der Waals surface area contributed by atoms with Crippen LogP contribution in [-0.2, 0) is 14.3 Å². The second-order valence-electron chi connectivity index (χ2n) is 6.26. The molecular weight excluding hydrogens is 390 g/mol. The van der Waals surface area contributed by atoms with Gasteiger partial charge < -0.3 is 14.8 Å². The maximum atomic E-state index is 12.6. The van der Waals surface area contributed by atoms with Gasteiger partial charge in [0.2, 0.25) is 5.91 Å². The smallest absolute Gasteiger partial charge is 0.316 e. The lowest BCUT2D eigenvalue weighted by molar-refractivity contribution is -0.140. The summed E-state index contributed by atoms with van der Waals surface area (Å²) in [6, 6.07) is 11.2. The van der Waals surface area contributed by atoms with Crippen molar-refractivity contribution in [1.82, 2.24) is 5.32 Å². The first-order valence-corrected chi connectivity index (χ1v) is 10.4. The molecule has 29 heavy (non-hydrogen) atoms. The number of ether oxygens (including phenoxy) is 2. The van der Waals surface area contributed by atoms with E-state index in [1.807, 2.05) is 19.9 Å². The summed E-state index contributed by atoms with van der Waals surface area (Å²) in [4.78, 5) is 24.5. The molecule has 0 radical (unpaired) electrons. The van der Waals surface area contributed by atoms with Crippen LogP contribution in [0.25, 0.3) is 0 Å². The zero-order chi connectivity index (χ0) is 21.2. The molecule has 1 aromatic rings. The third-order valence-electron chi connectivity index (χ3n) is 4.32. The molecule has 0 unspecified atom stereocenters. The number of esters is 1. The zero-order valence-corrected chi connectivity index (χ0v) is 17.3. The number of allylic oxidation sites excluding steroid dienone is 1. The van der Waals surface area contributed by atoms with Gasteiger partial charge in [-0.2, -0.15) is 10.5 Å². The van der Waals surface area contributed by atoms with Crippen molar-refractivity contribution in [2.75, 3.05) is 19.0 Å². The first-order chi connectivity index (χ1) is 14.1. The van der Waals surface area contributed by atoms with Crippen molar-refractivity contribution in [3.63, 3.8) is 0 Å². The number of nitrogens with zero attached hydrogens (tertiary/aromatic N) is 2. The van der Waals surface area contributed by atoms with Crippen LogP contribution >= 0.6 is 11.8 Å². The summed E-state index contributed by atoms with van der Waals surface area (Å²) >= 11 is 1.03. The minimum atomic E-state index is -1.08. The van der Waals surface area contributed by atoms with Crippen molar-refractivity contribution in [1.29, 1.82) is 10.5 Å². The lowest BCUT2D eigenvalue weighted by atomic mass is 9.79. The molecule has 1 heterocycles. The predicted molar refractivity (Wildman–Crippen MR) is 109 cm³/mol. The van der Waals surface area contributed by atoms with Crippen LogP contribution < -0.4 is 10.1 Å². The molecule has 0 saturated carbocycles. The topological polar surface area (TPSA) is 112 Å². The number of unbranched alkanes of at least 4 members (excludes halogenated alkanes) is 1. The Morgan fingerprint density at radius 3 is 2.69 bits per heavy atom. The Labute approximate surface area is 174 Å². The van der Waals surface area contributed by atoms with Gasteiger partial charge >= 0.3 is 5.97 Å². The highest BCUT2D eigenvalue weighted by Crippen LogP contribution is 2.42. The van der Waals surface area contributed by atoms with Gasteiger partial charge in [0.25, 0.3) is 0 Å². The third kappa shape index (κ3) is 5.52. The van der Waals surface area contributed by atoms with Gasteiger partial charge in [0.05, 0.1) is 47.6 Å². The summed E-state index contributed by atoms with van der Waals surface area (Å²) < 4.78 is 10.8. The number of thioether (sulfide) groups is 1. The Morgan fingerprint density at radius 1 is 1.28 bits per heavy atom. The highest BCUT2D eigenvalue weighted by Gasteiger charge is 2.40. The lowest BCUT2D eigenvalue weighted by Gasteiger charge is -2.29. The molecular formula is C21H23N3O4S. The quantitative estimate of drug-likeness (QED) is 0.488. The van der Waals surface area contributed by atoms with E-state index in [1.54, 1.807) is 24.3 Å². The molecule has 0 saturated heterocycles. The Morgan fingerprint density at radius 2 is 2.03 bits per heavy atom. The monoisotopic (exact) mass is 413 g/mol. The molecule has 2 rings (SSSR count). The minimum absolute atomic E-state index is 0.0401. The standard InChI is InChI=1S/C21H23N3O4S/c1-3-5-10-28-18(25)13-29-21-16(12-23)19(15(11-22)20(26)24-21)14-8-6-7-9-17(14)27-4-2/h6-9,15,19H,3-5,10,13H2,1-2H3,(H,24,26)/t15-,19+/m0/s1. The Hall–Kier alpha value is -2.97. The van der Waals surface area contributed by atoms with Gasteiger partial charge in [-0.1, -0.05) is 43.3 Å². The van der Waals surface area contributed by atoms with Crippen LogP contribution in [0, 0.1) is 28.6 Å². The fraction of sp³-hybridized carbons (Fsp3) is 0.429. The second-order valence-corrected chi connectivity index (χ2v) is 7.25. The highest BCUT2D eigenvalue weighted by atomic mass is 32.2. The summed E-state index contributed by atoms with van der Waals surface area (Å²) in [5.74, 6) is -2.30. The van der Waals surface area contributed by atoms with E-state index in [2.05, 4.69) is 11.4 Å². The molecule has 8 heteroatoms. The van der Waals surface area contributed by atoms with Gasteiger partial charge in [-0.25, -0.2) is 0 Å². The van der Waals surface area contributed by atoms with E-state index in [0.717, 1.165) is 24.6 Å². The molecule has 0 fully saturated rings. The van der Waals surface area contributed by atoms with Crippen molar-refractivity contribution in [2.45, 2.75) is 32.6 Å². The summed E-state index contributed by atoms with van der Waals surface area (Å²) in [6.07, 6.45) is 1.69. The average Bonchev–Trinajstić information content (AvgIpc) is 2.72. The number of hydrogen-bond acceptors (Lipinski definition) is 7. The number of para-hydroxylation sites is 1. The minimum Gasteiger partial charge on any atom is -0.494 e. The van der Waals surface area contributed by atoms with Gasteiger partial charge in [0.15, 0.2) is 0 Å². The van der Waals surface area contributed by atoms with E-state index in [4.69, 9.17) is 9.47 Å². The lowest BCUT2D eigenvalue weighted by Crippen LogP contribution is -2.39. The van der Waals surface area contributed by atoms with Crippen LogP contribution in [0.5, 0.6) is 5.75 Å². The maximum absolute atomic E-state index is 12.6. The number of amides is 1.